The molecule has 0 radical (unpaired) electrons. The van der Waals surface area contributed by atoms with Crippen molar-refractivity contribution in [3.05, 3.63) is 71.9 Å². The maximum atomic E-state index is 14.3. The summed E-state index contributed by atoms with van der Waals surface area (Å²) >= 11 is 0. The largest absolute Gasteiger partial charge is 0.494 e. The van der Waals surface area contributed by atoms with Gasteiger partial charge in [-0.05, 0) is 73.6 Å². The Balaban J connectivity index is 1.32. The Morgan fingerprint density at radius 3 is 2.61 bits per heavy atom. The van der Waals surface area contributed by atoms with E-state index in [-0.39, 0.29) is 18.9 Å². The van der Waals surface area contributed by atoms with Crippen LogP contribution in [0.25, 0.3) is 38.9 Å². The molecule has 2 aromatic carbocycles. The molecule has 0 unspecified atom stereocenters. The average Bonchev–Trinajstić information content (AvgIpc) is 3.68. The topological polar surface area (TPSA) is 124 Å². The second-order valence-corrected chi connectivity index (χ2v) is 14.4. The minimum absolute atomic E-state index is 0.0119. The molecule has 3 N–H and O–H groups in total. The average molecular weight is 645 g/mol. The van der Waals surface area contributed by atoms with E-state index in [0.29, 0.717) is 29.5 Å². The van der Waals surface area contributed by atoms with Crippen LogP contribution in [-0.4, -0.2) is 72.1 Å². The smallest absolute Gasteiger partial charge is 0.255 e. The summed E-state index contributed by atoms with van der Waals surface area (Å²) in [6, 6.07) is 17.1. The van der Waals surface area contributed by atoms with Crippen LogP contribution in [0.3, 0.4) is 0 Å². The van der Waals surface area contributed by atoms with Crippen molar-refractivity contribution in [3.8, 4) is 28.3 Å². The SMILES string of the molecule is COc1cc(C(=O)N2C[C@H](N)C[C@@H](F)C2)cn2nc(-c3cc4ccc(-c5cccc(NS(C)(=O)=O)c5)cc4n3CC3CC3)c(C)c12. The number of rotatable bonds is 8. The molecule has 1 saturated heterocycles. The van der Waals surface area contributed by atoms with Crippen LogP contribution >= 0.6 is 0 Å². The summed E-state index contributed by atoms with van der Waals surface area (Å²) in [5.41, 5.74) is 13.2. The molecule has 4 heterocycles. The van der Waals surface area contributed by atoms with Crippen molar-refractivity contribution in [2.24, 2.45) is 11.7 Å². The molecule has 0 bridgehead atoms. The maximum Gasteiger partial charge on any atom is 0.255 e. The summed E-state index contributed by atoms with van der Waals surface area (Å²) in [6.45, 7) is 3.15. The van der Waals surface area contributed by atoms with Gasteiger partial charge in [-0.25, -0.2) is 17.3 Å². The molecule has 12 heteroatoms. The van der Waals surface area contributed by atoms with Gasteiger partial charge >= 0.3 is 0 Å². The molecule has 46 heavy (non-hydrogen) atoms. The molecule has 7 rings (SSSR count). The Hall–Kier alpha value is -4.42. The molecular formula is C34H37FN6O4S. The van der Waals surface area contributed by atoms with Crippen LogP contribution in [0.2, 0.25) is 0 Å². The summed E-state index contributed by atoms with van der Waals surface area (Å²) in [5.74, 6) is 0.778. The van der Waals surface area contributed by atoms with Gasteiger partial charge in [0, 0.05) is 47.5 Å². The van der Waals surface area contributed by atoms with E-state index in [0.717, 1.165) is 57.3 Å². The number of pyridine rings is 1. The third kappa shape index (κ3) is 5.82. The molecule has 0 spiro atoms. The van der Waals surface area contributed by atoms with Crippen LogP contribution in [0, 0.1) is 12.8 Å². The van der Waals surface area contributed by atoms with Gasteiger partial charge < -0.3 is 19.9 Å². The number of anilines is 1. The molecule has 2 aliphatic rings. The fourth-order valence-electron chi connectivity index (χ4n) is 6.59. The van der Waals surface area contributed by atoms with Crippen LogP contribution in [0.4, 0.5) is 10.1 Å². The number of ether oxygens (including phenoxy) is 1. The van der Waals surface area contributed by atoms with E-state index in [1.807, 2.05) is 31.2 Å². The minimum atomic E-state index is -3.40. The number of methoxy groups -OCH3 is 1. The van der Waals surface area contributed by atoms with Gasteiger partial charge in [-0.2, -0.15) is 5.10 Å². The van der Waals surface area contributed by atoms with Gasteiger partial charge in [0.25, 0.3) is 5.91 Å². The Morgan fingerprint density at radius 1 is 1.11 bits per heavy atom. The number of benzene rings is 2. The summed E-state index contributed by atoms with van der Waals surface area (Å²) in [7, 11) is -1.84. The number of nitrogens with one attached hydrogen (secondary N) is 1. The number of nitrogens with zero attached hydrogens (tertiary/aromatic N) is 4. The van der Waals surface area contributed by atoms with Crippen molar-refractivity contribution in [2.75, 3.05) is 31.2 Å². The number of aryl methyl sites for hydroxylation is 1. The molecule has 1 aliphatic heterocycles. The van der Waals surface area contributed by atoms with Crippen LogP contribution in [0.5, 0.6) is 5.75 Å². The lowest BCUT2D eigenvalue weighted by molar-refractivity contribution is 0.0606. The molecular weight excluding hydrogens is 607 g/mol. The highest BCUT2D eigenvalue weighted by Gasteiger charge is 2.30. The van der Waals surface area contributed by atoms with Gasteiger partial charge in [0.05, 0.1) is 31.2 Å². The van der Waals surface area contributed by atoms with E-state index in [9.17, 15) is 17.6 Å². The normalized spacial score (nSPS) is 18.8. The quantitative estimate of drug-likeness (QED) is 0.238. The fraction of sp³-hybridized carbons (Fsp3) is 0.353. The van der Waals surface area contributed by atoms with Gasteiger partial charge in [0.1, 0.15) is 23.1 Å². The maximum absolute atomic E-state index is 14.3. The molecule has 5 aromatic rings. The molecule has 3 aromatic heterocycles. The van der Waals surface area contributed by atoms with Crippen molar-refractivity contribution in [3.63, 3.8) is 0 Å². The molecule has 1 amide bonds. The number of piperidine rings is 1. The summed E-state index contributed by atoms with van der Waals surface area (Å²) < 4.78 is 50.3. The van der Waals surface area contributed by atoms with Gasteiger partial charge in [-0.1, -0.05) is 24.3 Å². The number of nitrogens with two attached hydrogens (primary N) is 1. The van der Waals surface area contributed by atoms with Gasteiger partial charge in [-0.15, -0.1) is 0 Å². The van der Waals surface area contributed by atoms with E-state index < -0.39 is 22.2 Å². The van der Waals surface area contributed by atoms with Gasteiger partial charge in [-0.3, -0.25) is 9.52 Å². The zero-order valence-electron chi connectivity index (χ0n) is 26.0. The Morgan fingerprint density at radius 2 is 1.89 bits per heavy atom. The first-order chi connectivity index (χ1) is 22.0. The Kier molecular flexibility index (Phi) is 7.51. The fourth-order valence-corrected chi connectivity index (χ4v) is 7.14. The van der Waals surface area contributed by atoms with Crippen LogP contribution in [0.15, 0.2) is 60.8 Å². The highest BCUT2D eigenvalue weighted by atomic mass is 32.2. The lowest BCUT2D eigenvalue weighted by atomic mass is 10.0. The molecule has 2 atom stereocenters. The number of sulfonamides is 1. The first-order valence-corrected chi connectivity index (χ1v) is 17.3. The zero-order chi connectivity index (χ0) is 32.3. The van der Waals surface area contributed by atoms with Gasteiger partial charge in [0.2, 0.25) is 10.0 Å². The molecule has 1 aliphatic carbocycles. The second kappa shape index (κ2) is 11.4. The lowest BCUT2D eigenvalue weighted by Crippen LogP contribution is -2.50. The number of hydrogen-bond donors (Lipinski definition) is 2. The predicted octanol–water partition coefficient (Wildman–Crippen LogP) is 5.23. The second-order valence-electron chi connectivity index (χ2n) is 12.7. The third-order valence-corrected chi connectivity index (χ3v) is 9.50. The number of fused-ring (bicyclic) bond motifs is 2. The Labute approximate surface area is 267 Å². The highest BCUT2D eigenvalue weighted by Crippen LogP contribution is 2.39. The number of hydrogen-bond acceptors (Lipinski definition) is 6. The first kappa shape index (κ1) is 30.2. The molecule has 1 saturated carbocycles. The number of aromatic nitrogens is 3. The third-order valence-electron chi connectivity index (χ3n) is 8.90. The van der Waals surface area contributed by atoms with Crippen molar-refractivity contribution in [2.45, 2.75) is 44.9 Å². The number of alkyl halides is 1. The number of carbonyl (C=O) groups is 1. The van der Waals surface area contributed by atoms with Crippen molar-refractivity contribution in [1.29, 1.82) is 0 Å². The number of halogens is 1. The standard InChI is InChI=1S/C34H37FN6O4S/c1-20-32(37-41-17-25(14-31(45-2)33(20)41)34(42)39-18-26(35)15-27(36)19-39)30-13-24-10-9-23(12-29(24)40(30)16-21-7-8-21)22-5-4-6-28(11-22)38-46(3,43)44/h4-6,9-14,17,21,26-27,38H,7-8,15-16,18-19,36H2,1-3H3/t26-,27-/m1/s1. The summed E-state index contributed by atoms with van der Waals surface area (Å²) in [5, 5.41) is 6.06. The summed E-state index contributed by atoms with van der Waals surface area (Å²) in [4.78, 5) is 14.9. The monoisotopic (exact) mass is 644 g/mol. The molecule has 10 nitrogen and oxygen atoms in total. The van der Waals surface area contributed by atoms with E-state index in [1.54, 1.807) is 30.0 Å². The van der Waals surface area contributed by atoms with Crippen LogP contribution in [-0.2, 0) is 16.6 Å². The van der Waals surface area contributed by atoms with Crippen molar-refractivity contribution in [1.82, 2.24) is 19.1 Å². The molecule has 240 valence electrons. The zero-order valence-corrected chi connectivity index (χ0v) is 26.9. The van der Waals surface area contributed by atoms with Crippen LogP contribution in [0.1, 0.15) is 35.2 Å². The predicted molar refractivity (Wildman–Crippen MR) is 177 cm³/mol. The highest BCUT2D eigenvalue weighted by molar-refractivity contribution is 7.92. The van der Waals surface area contributed by atoms with E-state index >= 15 is 0 Å². The lowest BCUT2D eigenvalue weighted by Gasteiger charge is -2.33. The number of carbonyl (C=O) groups excluding carboxylic acids is 1. The first-order valence-electron chi connectivity index (χ1n) is 15.4. The van der Waals surface area contributed by atoms with Crippen molar-refractivity contribution < 1.29 is 22.3 Å². The van der Waals surface area contributed by atoms with Crippen molar-refractivity contribution >= 4 is 38.0 Å². The van der Waals surface area contributed by atoms with Crippen LogP contribution < -0.4 is 15.2 Å². The number of amides is 1. The number of likely N-dealkylation sites (tertiary alicyclic amines) is 1. The molecule has 2 fully saturated rings. The summed E-state index contributed by atoms with van der Waals surface area (Å²) in [6.07, 6.45) is 4.26. The van der Waals surface area contributed by atoms with Gasteiger partial charge in [0.15, 0.2) is 0 Å². The minimum Gasteiger partial charge on any atom is -0.494 e. The van der Waals surface area contributed by atoms with E-state index in [4.69, 9.17) is 15.6 Å². The Bertz CT molecular complexity index is 2090. The van der Waals surface area contributed by atoms with E-state index in [1.165, 1.54) is 17.7 Å². The van der Waals surface area contributed by atoms with E-state index in [2.05, 4.69) is 27.5 Å².